The van der Waals surface area contributed by atoms with Crippen LogP contribution in [0.2, 0.25) is 0 Å². The molecule has 0 N–H and O–H groups in total. The monoisotopic (exact) mass is 240 g/mol. The molecule has 0 unspecified atom stereocenters. The van der Waals surface area contributed by atoms with Crippen molar-refractivity contribution in [2.45, 2.75) is 6.18 Å². The van der Waals surface area contributed by atoms with Crippen molar-refractivity contribution in [3.05, 3.63) is 53.3 Å². The number of rotatable bonds is 1. The Kier molecular flexibility index (Phi) is 2.75. The number of carbonyl (C=O) groups excluding carboxylic acids is 1. The second kappa shape index (κ2) is 4.08. The van der Waals surface area contributed by atoms with Crippen molar-refractivity contribution in [3.63, 3.8) is 0 Å². The molecular weight excluding hydrogens is 233 g/mol. The number of alkyl halides is 3. The third-order valence-electron chi connectivity index (χ3n) is 2.15. The van der Waals surface area contributed by atoms with E-state index in [1.54, 1.807) is 0 Å². The molecule has 0 aliphatic carbocycles. The molecule has 1 aliphatic rings. The minimum absolute atomic E-state index is 0.315. The quantitative estimate of drug-likeness (QED) is 0.705. The van der Waals surface area contributed by atoms with E-state index in [9.17, 15) is 18.0 Å². The Labute approximate surface area is 95.0 Å². The van der Waals surface area contributed by atoms with Crippen molar-refractivity contribution < 1.29 is 22.7 Å². The Morgan fingerprint density at radius 2 is 1.71 bits per heavy atom. The fraction of sp³-hybridized carbons (Fsp3) is 0.0833. The van der Waals surface area contributed by atoms with Crippen molar-refractivity contribution in [2.75, 3.05) is 0 Å². The summed E-state index contributed by atoms with van der Waals surface area (Å²) in [6, 6.07) is 4.59. The van der Waals surface area contributed by atoms with Crippen LogP contribution in [-0.4, -0.2) is 5.97 Å². The summed E-state index contributed by atoms with van der Waals surface area (Å²) in [5, 5.41) is 0. The second-order valence-electron chi connectivity index (χ2n) is 3.42. The van der Waals surface area contributed by atoms with Crippen LogP contribution in [0.1, 0.15) is 11.1 Å². The summed E-state index contributed by atoms with van der Waals surface area (Å²) in [5.41, 5.74) is -0.175. The maximum Gasteiger partial charge on any atom is 0.416 e. The maximum absolute atomic E-state index is 12.3. The normalized spacial score (nSPS) is 17.6. The van der Waals surface area contributed by atoms with Gasteiger partial charge in [0.15, 0.2) is 0 Å². The molecule has 2 rings (SSSR count). The number of halogens is 3. The molecule has 17 heavy (non-hydrogen) atoms. The fourth-order valence-corrected chi connectivity index (χ4v) is 1.34. The van der Waals surface area contributed by atoms with Crippen LogP contribution in [0.5, 0.6) is 0 Å². The lowest BCUT2D eigenvalue weighted by atomic mass is 10.1. The molecule has 0 aromatic heterocycles. The number of esters is 1. The predicted octanol–water partition coefficient (Wildman–Crippen LogP) is 3.16. The van der Waals surface area contributed by atoms with E-state index in [-0.39, 0.29) is 0 Å². The molecule has 0 saturated heterocycles. The Hall–Kier alpha value is -2.04. The van der Waals surface area contributed by atoms with Gasteiger partial charge in [-0.15, -0.1) is 0 Å². The molecule has 0 amide bonds. The Balaban J connectivity index is 2.20. The zero-order valence-corrected chi connectivity index (χ0v) is 8.49. The summed E-state index contributed by atoms with van der Waals surface area (Å²) >= 11 is 0. The molecule has 0 fully saturated rings. The predicted molar refractivity (Wildman–Crippen MR) is 54.7 cm³/mol. The number of hydrogen-bond acceptors (Lipinski definition) is 2. The first kappa shape index (κ1) is 11.4. The Morgan fingerprint density at radius 1 is 1.06 bits per heavy atom. The highest BCUT2D eigenvalue weighted by Crippen LogP contribution is 2.29. The van der Waals surface area contributed by atoms with E-state index >= 15 is 0 Å². The first-order valence-corrected chi connectivity index (χ1v) is 4.74. The zero-order valence-electron chi connectivity index (χ0n) is 8.49. The lowest BCUT2D eigenvalue weighted by molar-refractivity contribution is -0.137. The molecule has 2 nitrogen and oxygen atoms in total. The smallest absolute Gasteiger partial charge is 0.416 e. The number of allylic oxidation sites excluding steroid dienone is 1. The number of ether oxygens (including phenoxy) is 1. The largest absolute Gasteiger partial charge is 0.423 e. The highest BCUT2D eigenvalue weighted by atomic mass is 19.4. The molecule has 5 heteroatoms. The van der Waals surface area contributed by atoms with E-state index in [4.69, 9.17) is 4.74 Å². The van der Waals surface area contributed by atoms with Gasteiger partial charge < -0.3 is 4.74 Å². The topological polar surface area (TPSA) is 26.3 Å². The second-order valence-corrected chi connectivity index (χ2v) is 3.42. The van der Waals surface area contributed by atoms with Gasteiger partial charge in [-0.1, -0.05) is 12.1 Å². The van der Waals surface area contributed by atoms with E-state index in [0.717, 1.165) is 12.1 Å². The molecule has 0 radical (unpaired) electrons. The van der Waals surface area contributed by atoms with Crippen LogP contribution in [0.15, 0.2) is 42.2 Å². The van der Waals surface area contributed by atoms with Gasteiger partial charge in [-0.2, -0.15) is 13.2 Å². The number of cyclic esters (lactones) is 1. The first-order chi connectivity index (χ1) is 7.95. The van der Waals surface area contributed by atoms with Gasteiger partial charge in [0.05, 0.1) is 5.56 Å². The molecule has 0 atom stereocenters. The lowest BCUT2D eigenvalue weighted by Crippen LogP contribution is -2.04. The van der Waals surface area contributed by atoms with Crippen LogP contribution < -0.4 is 0 Å². The molecule has 1 heterocycles. The lowest BCUT2D eigenvalue weighted by Gasteiger charge is -2.06. The van der Waals surface area contributed by atoms with Gasteiger partial charge in [0.25, 0.3) is 0 Å². The van der Waals surface area contributed by atoms with Gasteiger partial charge in [0, 0.05) is 6.08 Å². The van der Waals surface area contributed by atoms with Crippen LogP contribution in [0.3, 0.4) is 0 Å². The molecule has 88 valence electrons. The Morgan fingerprint density at radius 3 is 2.18 bits per heavy atom. The maximum atomic E-state index is 12.3. The van der Waals surface area contributed by atoms with Crippen molar-refractivity contribution in [1.29, 1.82) is 0 Å². The summed E-state index contributed by atoms with van der Waals surface area (Å²) in [7, 11) is 0. The summed E-state index contributed by atoms with van der Waals surface area (Å²) in [4.78, 5) is 10.7. The van der Waals surface area contributed by atoms with Crippen LogP contribution in [-0.2, 0) is 15.7 Å². The summed E-state index contributed by atoms with van der Waals surface area (Å²) in [6.45, 7) is 0. The molecule has 1 aliphatic heterocycles. The molecule has 1 aromatic rings. The van der Waals surface area contributed by atoms with E-state index in [1.165, 1.54) is 30.4 Å². The minimum atomic E-state index is -4.34. The van der Waals surface area contributed by atoms with E-state index in [0.29, 0.717) is 11.3 Å². The van der Waals surface area contributed by atoms with Crippen molar-refractivity contribution in [3.8, 4) is 0 Å². The average Bonchev–Trinajstić information content (AvgIpc) is 2.63. The highest BCUT2D eigenvalue weighted by molar-refractivity contribution is 5.87. The molecule has 0 bridgehead atoms. The number of carbonyl (C=O) groups is 1. The van der Waals surface area contributed by atoms with Crippen molar-refractivity contribution >= 4 is 12.0 Å². The summed E-state index contributed by atoms with van der Waals surface area (Å²) in [6.07, 6.45) is -0.150. The standard InChI is InChI=1S/C12H7F3O2/c13-12(14,15)9-3-1-8(2-4-9)7-10-5-6-11(16)17-10/h1-7H/b10-7-. The van der Waals surface area contributed by atoms with Gasteiger partial charge in [-0.3, -0.25) is 0 Å². The van der Waals surface area contributed by atoms with E-state index < -0.39 is 17.7 Å². The van der Waals surface area contributed by atoms with Gasteiger partial charge in [0.1, 0.15) is 5.76 Å². The minimum Gasteiger partial charge on any atom is -0.423 e. The van der Waals surface area contributed by atoms with E-state index in [1.807, 2.05) is 0 Å². The van der Waals surface area contributed by atoms with Crippen molar-refractivity contribution in [1.82, 2.24) is 0 Å². The van der Waals surface area contributed by atoms with Gasteiger partial charge >= 0.3 is 12.1 Å². The zero-order chi connectivity index (χ0) is 12.5. The molecule has 0 spiro atoms. The molecule has 0 saturated carbocycles. The Bertz CT molecular complexity index is 495. The van der Waals surface area contributed by atoms with E-state index in [2.05, 4.69) is 0 Å². The van der Waals surface area contributed by atoms with Crippen LogP contribution in [0.25, 0.3) is 6.08 Å². The third kappa shape index (κ3) is 2.75. The van der Waals surface area contributed by atoms with Gasteiger partial charge in [0.2, 0.25) is 0 Å². The van der Waals surface area contributed by atoms with Gasteiger partial charge in [-0.05, 0) is 29.8 Å². The number of benzene rings is 1. The van der Waals surface area contributed by atoms with Crippen LogP contribution in [0.4, 0.5) is 13.2 Å². The summed E-state index contributed by atoms with van der Waals surface area (Å²) < 4.78 is 41.6. The highest BCUT2D eigenvalue weighted by Gasteiger charge is 2.29. The number of hydrogen-bond donors (Lipinski definition) is 0. The van der Waals surface area contributed by atoms with Gasteiger partial charge in [-0.25, -0.2) is 4.79 Å². The average molecular weight is 240 g/mol. The van der Waals surface area contributed by atoms with Crippen LogP contribution in [0, 0.1) is 0 Å². The fourth-order valence-electron chi connectivity index (χ4n) is 1.34. The van der Waals surface area contributed by atoms with Crippen LogP contribution >= 0.6 is 0 Å². The first-order valence-electron chi connectivity index (χ1n) is 4.74. The molecular formula is C12H7F3O2. The molecule has 1 aromatic carbocycles. The third-order valence-corrected chi connectivity index (χ3v) is 2.15. The van der Waals surface area contributed by atoms with Crippen molar-refractivity contribution in [2.24, 2.45) is 0 Å². The SMILES string of the molecule is O=C1C=C/C(=C/c2ccc(C(F)(F)F)cc2)O1. The summed E-state index contributed by atoms with van der Waals surface area (Å²) in [5.74, 6) is -0.169.